The van der Waals surface area contributed by atoms with Gasteiger partial charge < -0.3 is 0 Å². The fraction of sp³-hybridized carbons (Fsp3) is 0. The van der Waals surface area contributed by atoms with Crippen molar-refractivity contribution in [2.45, 2.75) is 0 Å². The van der Waals surface area contributed by atoms with E-state index in [0.29, 0.717) is 0 Å². The van der Waals surface area contributed by atoms with Crippen molar-refractivity contribution in [3.8, 4) is 22.3 Å². The third-order valence-corrected chi connectivity index (χ3v) is 7.85. The summed E-state index contributed by atoms with van der Waals surface area (Å²) in [6.45, 7) is 0. The Bertz CT molecular complexity index is 1800. The summed E-state index contributed by atoms with van der Waals surface area (Å²) in [6.07, 6.45) is 0. The highest BCUT2D eigenvalue weighted by molar-refractivity contribution is 6.59. The van der Waals surface area contributed by atoms with Crippen LogP contribution in [0.3, 0.4) is 0 Å². The monoisotopic (exact) mass is 536 g/mol. The highest BCUT2D eigenvalue weighted by Gasteiger charge is 2.35. The lowest BCUT2D eigenvalue weighted by atomic mass is 9.88. The molecule has 0 heterocycles. The summed E-state index contributed by atoms with van der Waals surface area (Å²) in [5, 5.41) is 0. The number of carbonyl (C=O) groups excluding carboxylic acids is 1. The Labute approximate surface area is 246 Å². The van der Waals surface area contributed by atoms with E-state index in [4.69, 9.17) is 0 Å². The van der Waals surface area contributed by atoms with Gasteiger partial charge >= 0.3 is 0 Å². The van der Waals surface area contributed by atoms with Crippen LogP contribution in [0.25, 0.3) is 44.5 Å². The van der Waals surface area contributed by atoms with Crippen LogP contribution in [0.1, 0.15) is 22.3 Å². The zero-order valence-electron chi connectivity index (χ0n) is 23.1. The first-order valence-corrected chi connectivity index (χ1v) is 14.2. The molecule has 0 saturated heterocycles. The summed E-state index contributed by atoms with van der Waals surface area (Å²) >= 11 is 0. The SMILES string of the molecule is O=C1C(c2cccc(-c3ccccc3)c2)=C(c2ccccc2)C(c2ccccc2)=C1c1cccc(-c2ccccc2)c1. The summed E-state index contributed by atoms with van der Waals surface area (Å²) in [4.78, 5) is 14.9. The van der Waals surface area contributed by atoms with Crippen LogP contribution in [0.15, 0.2) is 170 Å². The Kier molecular flexibility index (Phi) is 6.76. The van der Waals surface area contributed by atoms with Gasteiger partial charge in [-0.15, -0.1) is 0 Å². The zero-order valence-corrected chi connectivity index (χ0v) is 23.1. The molecule has 1 aliphatic carbocycles. The minimum absolute atomic E-state index is 0.0446. The Morgan fingerprint density at radius 2 is 0.524 bits per heavy atom. The molecule has 0 aromatic heterocycles. The molecule has 0 aliphatic heterocycles. The maximum absolute atomic E-state index is 14.9. The normalized spacial score (nSPS) is 13.1. The van der Waals surface area contributed by atoms with Crippen LogP contribution in [0.2, 0.25) is 0 Å². The predicted octanol–water partition coefficient (Wildman–Crippen LogP) is 10.1. The fourth-order valence-corrected chi connectivity index (χ4v) is 5.91. The van der Waals surface area contributed by atoms with Crippen LogP contribution in [-0.2, 0) is 4.79 Å². The molecule has 0 N–H and O–H groups in total. The highest BCUT2D eigenvalue weighted by Crippen LogP contribution is 2.50. The second kappa shape index (κ2) is 11.2. The molecule has 0 fully saturated rings. The Balaban J connectivity index is 1.49. The Hall–Kier alpha value is -5.53. The summed E-state index contributed by atoms with van der Waals surface area (Å²) in [7, 11) is 0. The number of hydrogen-bond donors (Lipinski definition) is 0. The molecule has 6 aromatic rings. The Morgan fingerprint density at radius 3 is 0.881 bits per heavy atom. The summed E-state index contributed by atoms with van der Waals surface area (Å²) in [6, 6.07) is 58.1. The molecule has 0 saturated carbocycles. The van der Waals surface area contributed by atoms with E-state index in [2.05, 4.69) is 97.1 Å². The molecule has 0 atom stereocenters. The van der Waals surface area contributed by atoms with Gasteiger partial charge in [-0.1, -0.05) is 158 Å². The van der Waals surface area contributed by atoms with E-state index in [1.54, 1.807) is 0 Å². The second-order valence-electron chi connectivity index (χ2n) is 10.5. The van der Waals surface area contributed by atoms with E-state index < -0.39 is 0 Å². The van der Waals surface area contributed by atoms with Gasteiger partial charge in [-0.25, -0.2) is 0 Å². The lowest BCUT2D eigenvalue weighted by Crippen LogP contribution is -2.02. The minimum atomic E-state index is 0.0446. The maximum Gasteiger partial charge on any atom is 0.195 e. The molecular weight excluding hydrogens is 508 g/mol. The first-order chi connectivity index (χ1) is 20.8. The van der Waals surface area contributed by atoms with Gasteiger partial charge in [0.15, 0.2) is 5.78 Å². The molecule has 1 nitrogen and oxygen atoms in total. The van der Waals surface area contributed by atoms with Gasteiger partial charge in [0.05, 0.1) is 0 Å². The summed E-state index contributed by atoms with van der Waals surface area (Å²) < 4.78 is 0. The highest BCUT2D eigenvalue weighted by atomic mass is 16.1. The maximum atomic E-state index is 14.9. The number of ketones is 1. The zero-order chi connectivity index (χ0) is 28.3. The van der Waals surface area contributed by atoms with Crippen LogP contribution in [0, 0.1) is 0 Å². The quantitative estimate of drug-likeness (QED) is 0.207. The summed E-state index contributed by atoms with van der Waals surface area (Å²) in [5.41, 5.74) is 11.7. The standard InChI is InChI=1S/C41H28O/c42-41-39(35-25-13-23-33(27-35)29-15-5-1-6-16-29)37(31-19-9-3-10-20-31)38(32-21-11-4-12-22-32)40(41)36-26-14-24-34(28-36)30-17-7-2-8-18-30/h1-28H. The first-order valence-electron chi connectivity index (χ1n) is 14.2. The molecule has 0 unspecified atom stereocenters. The van der Waals surface area contributed by atoms with Crippen LogP contribution < -0.4 is 0 Å². The van der Waals surface area contributed by atoms with Crippen molar-refractivity contribution < 1.29 is 4.79 Å². The van der Waals surface area contributed by atoms with E-state index in [-0.39, 0.29) is 5.78 Å². The molecule has 6 aromatic carbocycles. The van der Waals surface area contributed by atoms with Gasteiger partial charge in [0.2, 0.25) is 0 Å². The molecular formula is C41H28O. The largest absolute Gasteiger partial charge is 0.289 e. The van der Waals surface area contributed by atoms with E-state index in [9.17, 15) is 4.79 Å². The number of hydrogen-bond acceptors (Lipinski definition) is 1. The van der Waals surface area contributed by atoms with Gasteiger partial charge in [0.25, 0.3) is 0 Å². The number of Topliss-reactive ketones (excluding diaryl/α,β-unsaturated/α-hetero) is 1. The van der Waals surface area contributed by atoms with Crippen molar-refractivity contribution in [2.24, 2.45) is 0 Å². The first kappa shape index (κ1) is 25.4. The number of allylic oxidation sites excluding steroid dienone is 4. The molecule has 198 valence electrons. The van der Waals surface area contributed by atoms with E-state index >= 15 is 0 Å². The summed E-state index contributed by atoms with van der Waals surface area (Å²) in [5.74, 6) is 0.0446. The molecule has 42 heavy (non-hydrogen) atoms. The number of rotatable bonds is 6. The number of benzene rings is 6. The molecule has 7 rings (SSSR count). The average Bonchev–Trinajstić information content (AvgIpc) is 3.39. The van der Waals surface area contributed by atoms with E-state index in [1.165, 1.54) is 0 Å². The average molecular weight is 537 g/mol. The van der Waals surface area contributed by atoms with Gasteiger partial charge in [-0.3, -0.25) is 4.79 Å². The minimum Gasteiger partial charge on any atom is -0.289 e. The van der Waals surface area contributed by atoms with Crippen molar-refractivity contribution in [2.75, 3.05) is 0 Å². The van der Waals surface area contributed by atoms with Crippen molar-refractivity contribution >= 4 is 28.1 Å². The number of carbonyl (C=O) groups is 1. The third kappa shape index (κ3) is 4.72. The van der Waals surface area contributed by atoms with Gasteiger partial charge in [0.1, 0.15) is 0 Å². The lowest BCUT2D eigenvalue weighted by molar-refractivity contribution is -0.108. The van der Waals surface area contributed by atoms with E-state index in [0.717, 1.165) is 66.8 Å². The van der Waals surface area contributed by atoms with Gasteiger partial charge in [-0.05, 0) is 56.6 Å². The molecule has 0 bridgehead atoms. The topological polar surface area (TPSA) is 17.1 Å². The van der Waals surface area contributed by atoms with Gasteiger partial charge in [0, 0.05) is 22.3 Å². The third-order valence-electron chi connectivity index (χ3n) is 7.85. The molecule has 1 aliphatic rings. The van der Waals surface area contributed by atoms with Crippen LogP contribution in [0.5, 0.6) is 0 Å². The smallest absolute Gasteiger partial charge is 0.195 e. The van der Waals surface area contributed by atoms with Crippen LogP contribution in [-0.4, -0.2) is 5.78 Å². The molecule has 1 heteroatoms. The lowest BCUT2D eigenvalue weighted by Gasteiger charge is -2.14. The van der Waals surface area contributed by atoms with Crippen molar-refractivity contribution in [1.29, 1.82) is 0 Å². The van der Waals surface area contributed by atoms with Crippen LogP contribution >= 0.6 is 0 Å². The second-order valence-corrected chi connectivity index (χ2v) is 10.5. The Morgan fingerprint density at radius 1 is 0.238 bits per heavy atom. The van der Waals surface area contributed by atoms with Crippen molar-refractivity contribution in [3.63, 3.8) is 0 Å². The molecule has 0 amide bonds. The predicted molar refractivity (Wildman–Crippen MR) is 175 cm³/mol. The van der Waals surface area contributed by atoms with Crippen molar-refractivity contribution in [3.05, 3.63) is 192 Å². The molecule has 0 spiro atoms. The fourth-order valence-electron chi connectivity index (χ4n) is 5.91. The molecule has 0 radical (unpaired) electrons. The van der Waals surface area contributed by atoms with E-state index in [1.807, 2.05) is 72.8 Å². The van der Waals surface area contributed by atoms with Crippen LogP contribution in [0.4, 0.5) is 0 Å². The van der Waals surface area contributed by atoms with Gasteiger partial charge in [-0.2, -0.15) is 0 Å². The van der Waals surface area contributed by atoms with Crippen molar-refractivity contribution in [1.82, 2.24) is 0 Å².